The monoisotopic (exact) mass is 280 g/mol. The zero-order valence-corrected chi connectivity index (χ0v) is 12.1. The van der Waals surface area contributed by atoms with Gasteiger partial charge in [0.05, 0.1) is 0 Å². The lowest BCUT2D eigenvalue weighted by Gasteiger charge is -2.29. The van der Waals surface area contributed by atoms with Gasteiger partial charge in [0.15, 0.2) is 0 Å². The molecule has 2 aromatic rings. The normalized spacial score (nSPS) is 23.6. The fourth-order valence-electron chi connectivity index (χ4n) is 3.85. The largest absolute Gasteiger partial charge is 0.326 e. The van der Waals surface area contributed by atoms with Gasteiger partial charge in [-0.1, -0.05) is 30.3 Å². The van der Waals surface area contributed by atoms with E-state index in [0.717, 1.165) is 25.0 Å². The fraction of sp³-hybridized carbons (Fsp3) is 0.389. The predicted molar refractivity (Wildman–Crippen MR) is 83.4 cm³/mol. The molecule has 108 valence electrons. The van der Waals surface area contributed by atoms with Crippen LogP contribution in [0.25, 0.3) is 0 Å². The quantitative estimate of drug-likeness (QED) is 0.888. The molecule has 0 aliphatic heterocycles. The van der Waals surface area contributed by atoms with E-state index in [1.807, 2.05) is 6.07 Å². The Balaban J connectivity index is 1.61. The number of hydrogen-bond acceptors (Lipinski definition) is 2. The number of nitrogens with one attached hydrogen (secondary N) is 2. The van der Waals surface area contributed by atoms with E-state index in [2.05, 4.69) is 34.6 Å². The highest BCUT2D eigenvalue weighted by molar-refractivity contribution is 5.35. The number of H-pyrrole nitrogens is 1. The summed E-state index contributed by atoms with van der Waals surface area (Å²) in [6.07, 6.45) is 5.62. The molecule has 21 heavy (non-hydrogen) atoms. The Bertz CT molecular complexity index is 719. The van der Waals surface area contributed by atoms with Gasteiger partial charge in [-0.2, -0.15) is 0 Å². The molecule has 0 saturated carbocycles. The number of hydrogen-bond donors (Lipinski definition) is 2. The highest BCUT2D eigenvalue weighted by atomic mass is 16.1. The van der Waals surface area contributed by atoms with Crippen molar-refractivity contribution in [2.24, 2.45) is 0 Å². The van der Waals surface area contributed by atoms with E-state index in [0.29, 0.717) is 12.1 Å². The third-order valence-electron chi connectivity index (χ3n) is 4.87. The first-order valence-electron chi connectivity index (χ1n) is 7.87. The zero-order valence-electron chi connectivity index (χ0n) is 12.1. The summed E-state index contributed by atoms with van der Waals surface area (Å²) in [4.78, 5) is 14.5. The van der Waals surface area contributed by atoms with E-state index >= 15 is 0 Å². The van der Waals surface area contributed by atoms with Gasteiger partial charge in [-0.15, -0.1) is 0 Å². The first-order chi connectivity index (χ1) is 10.3. The molecule has 2 unspecified atom stereocenters. The van der Waals surface area contributed by atoms with Crippen LogP contribution >= 0.6 is 0 Å². The van der Waals surface area contributed by atoms with Crippen molar-refractivity contribution in [3.8, 4) is 0 Å². The number of pyridine rings is 1. The Morgan fingerprint density at radius 3 is 2.76 bits per heavy atom. The second-order valence-electron chi connectivity index (χ2n) is 6.16. The number of aromatic nitrogens is 1. The first-order valence-corrected chi connectivity index (χ1v) is 7.87. The van der Waals surface area contributed by atoms with Crippen molar-refractivity contribution in [1.29, 1.82) is 0 Å². The van der Waals surface area contributed by atoms with E-state index in [-0.39, 0.29) is 5.56 Å². The molecule has 0 bridgehead atoms. The average Bonchev–Trinajstić information content (AvgIpc) is 2.91. The minimum absolute atomic E-state index is 0.0145. The molecule has 4 rings (SSSR count). The van der Waals surface area contributed by atoms with Crippen LogP contribution in [0.1, 0.15) is 53.7 Å². The smallest absolute Gasteiger partial charge is 0.248 e. The van der Waals surface area contributed by atoms with Crippen molar-refractivity contribution < 1.29 is 0 Å². The molecule has 1 heterocycles. The van der Waals surface area contributed by atoms with E-state index in [1.54, 1.807) is 6.07 Å². The lowest BCUT2D eigenvalue weighted by atomic mass is 9.90. The van der Waals surface area contributed by atoms with Crippen molar-refractivity contribution in [3.05, 3.63) is 69.1 Å². The summed E-state index contributed by atoms with van der Waals surface area (Å²) in [5.74, 6) is 0. The Morgan fingerprint density at radius 1 is 0.952 bits per heavy atom. The molecule has 0 amide bonds. The van der Waals surface area contributed by atoms with Crippen LogP contribution in [0.2, 0.25) is 0 Å². The van der Waals surface area contributed by atoms with Crippen LogP contribution in [0.4, 0.5) is 0 Å². The maximum atomic E-state index is 11.5. The molecule has 3 heteroatoms. The number of aryl methyl sites for hydroxylation is 2. The van der Waals surface area contributed by atoms with Crippen LogP contribution in [0.15, 0.2) is 41.2 Å². The van der Waals surface area contributed by atoms with Crippen LogP contribution in [-0.4, -0.2) is 4.98 Å². The summed E-state index contributed by atoms with van der Waals surface area (Å²) in [5, 5.41) is 3.83. The van der Waals surface area contributed by atoms with Crippen LogP contribution in [0.5, 0.6) is 0 Å². The van der Waals surface area contributed by atoms with E-state index in [1.165, 1.54) is 29.5 Å². The predicted octanol–water partition coefficient (Wildman–Crippen LogP) is 3.03. The number of benzene rings is 1. The van der Waals surface area contributed by atoms with Gasteiger partial charge in [0, 0.05) is 23.8 Å². The minimum atomic E-state index is 0.0145. The Hall–Kier alpha value is -1.87. The molecule has 1 aromatic carbocycles. The van der Waals surface area contributed by atoms with E-state index < -0.39 is 0 Å². The molecule has 2 atom stereocenters. The van der Waals surface area contributed by atoms with Gasteiger partial charge in [-0.25, -0.2) is 0 Å². The molecule has 3 nitrogen and oxygen atoms in total. The van der Waals surface area contributed by atoms with Gasteiger partial charge in [-0.05, 0) is 48.8 Å². The topological polar surface area (TPSA) is 44.9 Å². The van der Waals surface area contributed by atoms with E-state index in [9.17, 15) is 4.79 Å². The fourth-order valence-corrected chi connectivity index (χ4v) is 3.85. The molecule has 1 aromatic heterocycles. The molecule has 2 aliphatic carbocycles. The summed E-state index contributed by atoms with van der Waals surface area (Å²) < 4.78 is 0. The Labute approximate surface area is 124 Å². The highest BCUT2D eigenvalue weighted by Gasteiger charge is 2.27. The number of aromatic amines is 1. The van der Waals surface area contributed by atoms with Crippen molar-refractivity contribution in [2.75, 3.05) is 0 Å². The molecular weight excluding hydrogens is 260 g/mol. The van der Waals surface area contributed by atoms with Crippen molar-refractivity contribution >= 4 is 0 Å². The number of fused-ring (bicyclic) bond motifs is 2. The van der Waals surface area contributed by atoms with Crippen molar-refractivity contribution in [3.63, 3.8) is 0 Å². The molecule has 2 aliphatic rings. The van der Waals surface area contributed by atoms with Gasteiger partial charge >= 0.3 is 0 Å². The summed E-state index contributed by atoms with van der Waals surface area (Å²) in [6.45, 7) is 0. The lowest BCUT2D eigenvalue weighted by Crippen LogP contribution is -2.29. The molecular formula is C18H20N2O. The van der Waals surface area contributed by atoms with Gasteiger partial charge in [0.2, 0.25) is 5.56 Å². The summed E-state index contributed by atoms with van der Waals surface area (Å²) in [7, 11) is 0. The maximum Gasteiger partial charge on any atom is 0.248 e. The summed E-state index contributed by atoms with van der Waals surface area (Å²) in [6, 6.07) is 13.2. The Morgan fingerprint density at radius 2 is 1.81 bits per heavy atom. The van der Waals surface area contributed by atoms with Crippen LogP contribution in [0, 0.1) is 0 Å². The van der Waals surface area contributed by atoms with Crippen LogP contribution in [-0.2, 0) is 12.8 Å². The van der Waals surface area contributed by atoms with Gasteiger partial charge in [0.1, 0.15) is 0 Å². The highest BCUT2D eigenvalue weighted by Crippen LogP contribution is 2.35. The minimum Gasteiger partial charge on any atom is -0.326 e. The number of rotatable bonds is 2. The summed E-state index contributed by atoms with van der Waals surface area (Å²) in [5.41, 5.74) is 5.35. The van der Waals surface area contributed by atoms with Crippen molar-refractivity contribution in [2.45, 2.75) is 44.2 Å². The van der Waals surface area contributed by atoms with E-state index in [4.69, 9.17) is 0 Å². The molecule has 0 spiro atoms. The molecule has 2 N–H and O–H groups in total. The van der Waals surface area contributed by atoms with Gasteiger partial charge in [0.25, 0.3) is 0 Å². The van der Waals surface area contributed by atoms with Crippen molar-refractivity contribution in [1.82, 2.24) is 10.3 Å². The maximum absolute atomic E-state index is 11.5. The first kappa shape index (κ1) is 12.8. The third-order valence-corrected chi connectivity index (χ3v) is 4.87. The summed E-state index contributed by atoms with van der Waals surface area (Å²) >= 11 is 0. The Kier molecular flexibility index (Phi) is 3.15. The molecule has 0 saturated heterocycles. The molecule has 0 radical (unpaired) electrons. The van der Waals surface area contributed by atoms with Gasteiger partial charge in [-0.3, -0.25) is 4.79 Å². The third kappa shape index (κ3) is 2.32. The molecule has 0 fully saturated rings. The van der Waals surface area contributed by atoms with Crippen LogP contribution in [0.3, 0.4) is 0 Å². The SMILES string of the molecule is O=c1ccc2c([nH]1)CCCC2NC1CCc2ccccc21. The van der Waals surface area contributed by atoms with Gasteiger partial charge < -0.3 is 10.3 Å². The second kappa shape index (κ2) is 5.15. The average molecular weight is 280 g/mol. The van der Waals surface area contributed by atoms with Crippen LogP contribution < -0.4 is 10.9 Å². The lowest BCUT2D eigenvalue weighted by molar-refractivity contribution is 0.395. The second-order valence-corrected chi connectivity index (χ2v) is 6.16. The zero-order chi connectivity index (χ0) is 14.2. The standard InChI is InChI=1S/C18H20N2O/c21-18-11-9-14-15(6-3-7-16(14)20-18)19-17-10-8-12-4-1-2-5-13(12)17/h1-2,4-5,9,11,15,17,19H,3,6-8,10H2,(H,20,21).